The molecule has 0 unspecified atom stereocenters. The number of halogens is 4. The molecule has 0 aliphatic rings. The van der Waals surface area contributed by atoms with Crippen LogP contribution < -0.4 is 10.6 Å². The summed E-state index contributed by atoms with van der Waals surface area (Å²) in [4.78, 5) is 4.11. The number of aliphatic imine (C=N–C) groups is 1. The highest BCUT2D eigenvalue weighted by atomic mass is 127. The molecule has 1 heterocycles. The summed E-state index contributed by atoms with van der Waals surface area (Å²) in [6.07, 6.45) is -0.633. The third kappa shape index (κ3) is 7.05. The molecule has 3 rings (SSSR count). The number of hydrogen-bond acceptors (Lipinski definition) is 2. The van der Waals surface area contributed by atoms with E-state index in [0.29, 0.717) is 24.6 Å². The third-order valence-corrected chi connectivity index (χ3v) is 4.27. The van der Waals surface area contributed by atoms with Crippen LogP contribution in [-0.4, -0.2) is 22.8 Å². The van der Waals surface area contributed by atoms with Crippen molar-refractivity contribution in [3.63, 3.8) is 0 Å². The second kappa shape index (κ2) is 11.0. The fourth-order valence-corrected chi connectivity index (χ4v) is 2.80. The van der Waals surface area contributed by atoms with E-state index in [1.54, 1.807) is 19.3 Å². The van der Waals surface area contributed by atoms with Gasteiger partial charge in [-0.15, -0.1) is 24.0 Å². The molecule has 3 aromatic rings. The van der Waals surface area contributed by atoms with Gasteiger partial charge >= 0.3 is 6.18 Å². The molecular weight excluding hydrogens is 506 g/mol. The molecule has 0 atom stereocenters. The summed E-state index contributed by atoms with van der Waals surface area (Å²) in [5, 5.41) is 10.5. The molecule has 9 heteroatoms. The zero-order valence-corrected chi connectivity index (χ0v) is 18.7. The summed E-state index contributed by atoms with van der Waals surface area (Å²) in [6, 6.07) is 15.3. The normalized spacial score (nSPS) is 11.7. The van der Waals surface area contributed by atoms with Gasteiger partial charge < -0.3 is 10.6 Å². The number of guanidine groups is 1. The van der Waals surface area contributed by atoms with E-state index in [1.807, 2.05) is 41.2 Å². The Morgan fingerprint density at radius 2 is 1.63 bits per heavy atom. The van der Waals surface area contributed by atoms with Gasteiger partial charge in [0.15, 0.2) is 5.96 Å². The van der Waals surface area contributed by atoms with Gasteiger partial charge in [-0.05, 0) is 23.3 Å². The minimum absolute atomic E-state index is 0. The number of benzene rings is 2. The van der Waals surface area contributed by atoms with E-state index >= 15 is 0 Å². The van der Waals surface area contributed by atoms with E-state index in [0.717, 1.165) is 23.3 Å². The van der Waals surface area contributed by atoms with Crippen LogP contribution in [0.25, 0.3) is 0 Å². The number of nitrogens with one attached hydrogen (secondary N) is 2. The van der Waals surface area contributed by atoms with E-state index in [4.69, 9.17) is 0 Å². The first-order valence-corrected chi connectivity index (χ1v) is 9.10. The molecule has 0 bridgehead atoms. The molecule has 0 saturated heterocycles. The Morgan fingerprint density at radius 1 is 0.967 bits per heavy atom. The van der Waals surface area contributed by atoms with Gasteiger partial charge in [0, 0.05) is 31.9 Å². The molecule has 0 amide bonds. The average Bonchev–Trinajstić information content (AvgIpc) is 3.16. The molecule has 160 valence electrons. The van der Waals surface area contributed by atoms with Crippen LogP contribution in [0.1, 0.15) is 22.3 Å². The number of rotatable bonds is 6. The lowest BCUT2D eigenvalue weighted by Gasteiger charge is -2.12. The fourth-order valence-electron chi connectivity index (χ4n) is 2.80. The monoisotopic (exact) mass is 529 g/mol. The van der Waals surface area contributed by atoms with Crippen LogP contribution in [0.2, 0.25) is 0 Å². The first-order valence-electron chi connectivity index (χ1n) is 9.10. The lowest BCUT2D eigenvalue weighted by Crippen LogP contribution is -2.36. The maximum atomic E-state index is 12.8. The molecule has 0 spiro atoms. The Morgan fingerprint density at radius 3 is 2.30 bits per heavy atom. The molecule has 2 aromatic carbocycles. The molecule has 0 radical (unpaired) electrons. The fraction of sp³-hybridized carbons (Fsp3) is 0.238. The Bertz CT molecular complexity index is 955. The van der Waals surface area contributed by atoms with E-state index in [1.165, 1.54) is 6.07 Å². The minimum atomic E-state index is -4.35. The Balaban J connectivity index is 0.00000320. The molecule has 0 aliphatic carbocycles. The Hall–Kier alpha value is -2.56. The van der Waals surface area contributed by atoms with Crippen molar-refractivity contribution in [2.24, 2.45) is 4.99 Å². The van der Waals surface area contributed by atoms with Crippen molar-refractivity contribution in [2.45, 2.75) is 25.8 Å². The molecule has 0 fully saturated rings. The summed E-state index contributed by atoms with van der Waals surface area (Å²) in [7, 11) is 1.61. The van der Waals surface area contributed by atoms with Crippen molar-refractivity contribution in [1.82, 2.24) is 20.4 Å². The van der Waals surface area contributed by atoms with Gasteiger partial charge in [-0.3, -0.25) is 9.67 Å². The third-order valence-electron chi connectivity index (χ3n) is 4.27. The molecule has 2 N–H and O–H groups in total. The number of hydrogen-bond donors (Lipinski definition) is 2. The van der Waals surface area contributed by atoms with Crippen LogP contribution in [-0.2, 0) is 25.8 Å². The van der Waals surface area contributed by atoms with Crippen LogP contribution in [0, 0.1) is 0 Å². The van der Waals surface area contributed by atoms with Crippen LogP contribution in [0.4, 0.5) is 13.2 Å². The van der Waals surface area contributed by atoms with Gasteiger partial charge in [-0.1, -0.05) is 42.5 Å². The molecule has 0 aliphatic heterocycles. The Kier molecular flexibility index (Phi) is 8.70. The van der Waals surface area contributed by atoms with Crippen LogP contribution in [0.3, 0.4) is 0 Å². The number of alkyl halides is 3. The minimum Gasteiger partial charge on any atom is -0.352 e. The standard InChI is InChI=1S/C21H22F3N5.HI/c1-25-20(26-11-17-8-5-9-19(10-17)21(22,23)24)27-12-18-13-28-29(15-18)14-16-6-3-2-4-7-16;/h2-10,13,15H,11-12,14H2,1H3,(H2,25,26,27);1H. The van der Waals surface area contributed by atoms with E-state index in [-0.39, 0.29) is 30.5 Å². The van der Waals surface area contributed by atoms with Crippen molar-refractivity contribution in [3.8, 4) is 0 Å². The Labute approximate surface area is 190 Å². The van der Waals surface area contributed by atoms with E-state index < -0.39 is 11.7 Å². The quantitative estimate of drug-likeness (QED) is 0.282. The molecule has 1 aromatic heterocycles. The van der Waals surface area contributed by atoms with Crippen LogP contribution in [0.15, 0.2) is 72.0 Å². The van der Waals surface area contributed by atoms with Crippen molar-refractivity contribution in [3.05, 3.63) is 89.2 Å². The lowest BCUT2D eigenvalue weighted by atomic mass is 10.1. The summed E-state index contributed by atoms with van der Waals surface area (Å²) in [6.45, 7) is 1.41. The van der Waals surface area contributed by atoms with Gasteiger partial charge in [0.05, 0.1) is 18.3 Å². The van der Waals surface area contributed by atoms with Crippen molar-refractivity contribution < 1.29 is 13.2 Å². The van der Waals surface area contributed by atoms with Gasteiger partial charge in [0.1, 0.15) is 0 Å². The molecule has 30 heavy (non-hydrogen) atoms. The van der Waals surface area contributed by atoms with Crippen molar-refractivity contribution in [2.75, 3.05) is 7.05 Å². The van der Waals surface area contributed by atoms with Gasteiger partial charge in [0.25, 0.3) is 0 Å². The first-order chi connectivity index (χ1) is 13.9. The second-order valence-corrected chi connectivity index (χ2v) is 6.51. The van der Waals surface area contributed by atoms with Crippen molar-refractivity contribution >= 4 is 29.9 Å². The lowest BCUT2D eigenvalue weighted by molar-refractivity contribution is -0.137. The smallest absolute Gasteiger partial charge is 0.352 e. The zero-order chi connectivity index (χ0) is 20.7. The largest absolute Gasteiger partial charge is 0.416 e. The number of nitrogens with zero attached hydrogens (tertiary/aromatic N) is 3. The maximum absolute atomic E-state index is 12.8. The molecule has 5 nitrogen and oxygen atoms in total. The predicted molar refractivity (Wildman–Crippen MR) is 122 cm³/mol. The van der Waals surface area contributed by atoms with Gasteiger partial charge in [0.2, 0.25) is 0 Å². The highest BCUT2D eigenvalue weighted by molar-refractivity contribution is 14.0. The van der Waals surface area contributed by atoms with E-state index in [9.17, 15) is 13.2 Å². The van der Waals surface area contributed by atoms with E-state index in [2.05, 4.69) is 20.7 Å². The molecule has 0 saturated carbocycles. The maximum Gasteiger partial charge on any atom is 0.416 e. The summed E-state index contributed by atoms with van der Waals surface area (Å²) in [5.74, 6) is 0.498. The summed E-state index contributed by atoms with van der Waals surface area (Å²) < 4.78 is 40.3. The van der Waals surface area contributed by atoms with Crippen LogP contribution >= 0.6 is 24.0 Å². The first kappa shape index (κ1) is 23.7. The topological polar surface area (TPSA) is 54.2 Å². The zero-order valence-electron chi connectivity index (χ0n) is 16.4. The highest BCUT2D eigenvalue weighted by Gasteiger charge is 2.30. The summed E-state index contributed by atoms with van der Waals surface area (Å²) in [5.41, 5.74) is 2.00. The predicted octanol–water partition coefficient (Wildman–Crippen LogP) is 4.43. The van der Waals surface area contributed by atoms with Gasteiger partial charge in [-0.2, -0.15) is 18.3 Å². The second-order valence-electron chi connectivity index (χ2n) is 6.51. The average molecular weight is 529 g/mol. The SMILES string of the molecule is CN=C(NCc1cccc(C(F)(F)F)c1)NCc1cnn(Cc2ccccc2)c1.I. The molecular formula is C21H23F3IN5. The van der Waals surface area contributed by atoms with Crippen molar-refractivity contribution in [1.29, 1.82) is 0 Å². The summed E-state index contributed by atoms with van der Waals surface area (Å²) >= 11 is 0. The van der Waals surface area contributed by atoms with Crippen LogP contribution in [0.5, 0.6) is 0 Å². The number of aromatic nitrogens is 2. The highest BCUT2D eigenvalue weighted by Crippen LogP contribution is 2.29. The van der Waals surface area contributed by atoms with Gasteiger partial charge in [-0.25, -0.2) is 0 Å².